The highest BCUT2D eigenvalue weighted by Gasteiger charge is 2.48. The third-order valence-corrected chi connectivity index (χ3v) is 5.06. The number of Topliss-reactive ketones (excluding diaryl/α,β-unsaturated/α-hetero) is 1. The largest absolute Gasteiger partial charge is 0.508 e. The second kappa shape index (κ2) is 4.99. The average molecular weight is 286 g/mol. The highest BCUT2D eigenvalue weighted by atomic mass is 16.3. The molecule has 2 unspecified atom stereocenters. The van der Waals surface area contributed by atoms with Gasteiger partial charge in [0.15, 0.2) is 5.78 Å². The number of phenols is 1. The number of allylic oxidation sites excluding steroid dienone is 1. The van der Waals surface area contributed by atoms with Crippen LogP contribution in [0.15, 0.2) is 23.8 Å². The van der Waals surface area contributed by atoms with Gasteiger partial charge in [0.1, 0.15) is 11.9 Å². The maximum absolute atomic E-state index is 12.2. The van der Waals surface area contributed by atoms with E-state index in [0.29, 0.717) is 12.0 Å². The summed E-state index contributed by atoms with van der Waals surface area (Å²) < 4.78 is 0. The molecule has 0 spiro atoms. The minimum atomic E-state index is -0.881. The molecule has 0 heterocycles. The van der Waals surface area contributed by atoms with Gasteiger partial charge in [0.25, 0.3) is 0 Å². The van der Waals surface area contributed by atoms with Crippen molar-refractivity contribution in [2.45, 2.75) is 52.1 Å². The number of hydrogen-bond acceptors (Lipinski definition) is 3. The van der Waals surface area contributed by atoms with Crippen LogP contribution in [0, 0.1) is 5.41 Å². The summed E-state index contributed by atoms with van der Waals surface area (Å²) in [5.41, 5.74) is 3.86. The predicted molar refractivity (Wildman–Crippen MR) is 82.0 cm³/mol. The molecule has 0 aliphatic heterocycles. The number of fused-ring (bicyclic) bond motifs is 3. The van der Waals surface area contributed by atoms with Gasteiger partial charge in [0.2, 0.25) is 0 Å². The highest BCUT2D eigenvalue weighted by molar-refractivity contribution is 6.08. The molecule has 0 amide bonds. The molecule has 0 saturated carbocycles. The summed E-state index contributed by atoms with van der Waals surface area (Å²) in [6, 6.07) is 5.41. The standard InChI is InChI=1S/C18H22O3/c1-3-4-7-18-9-12-8-13(19)5-6-14(12)16(18)11(2)17(21)15(20)10-18/h5-6,8,15,19-20H,3-4,7,9-10H2,1-2H3. The summed E-state index contributed by atoms with van der Waals surface area (Å²) in [6.45, 7) is 3.99. The minimum Gasteiger partial charge on any atom is -0.508 e. The van der Waals surface area contributed by atoms with Crippen molar-refractivity contribution in [2.75, 3.05) is 0 Å². The quantitative estimate of drug-likeness (QED) is 0.897. The van der Waals surface area contributed by atoms with Crippen LogP contribution >= 0.6 is 0 Å². The van der Waals surface area contributed by atoms with E-state index >= 15 is 0 Å². The van der Waals surface area contributed by atoms with Crippen molar-refractivity contribution in [3.8, 4) is 5.75 Å². The van der Waals surface area contributed by atoms with Crippen molar-refractivity contribution in [3.63, 3.8) is 0 Å². The second-order valence-corrected chi connectivity index (χ2v) is 6.49. The Morgan fingerprint density at radius 1 is 1.38 bits per heavy atom. The number of benzene rings is 1. The number of unbranched alkanes of at least 4 members (excludes halogenated alkanes) is 1. The van der Waals surface area contributed by atoms with Crippen LogP contribution < -0.4 is 0 Å². The highest BCUT2D eigenvalue weighted by Crippen LogP contribution is 2.56. The summed E-state index contributed by atoms with van der Waals surface area (Å²) in [5, 5.41) is 19.9. The van der Waals surface area contributed by atoms with E-state index in [4.69, 9.17) is 0 Å². The van der Waals surface area contributed by atoms with E-state index in [1.807, 2.05) is 13.0 Å². The van der Waals surface area contributed by atoms with Gasteiger partial charge in [-0.25, -0.2) is 0 Å². The molecule has 0 fully saturated rings. The van der Waals surface area contributed by atoms with Gasteiger partial charge in [-0.05, 0) is 60.6 Å². The molecule has 2 atom stereocenters. The van der Waals surface area contributed by atoms with Gasteiger partial charge in [-0.1, -0.05) is 25.8 Å². The lowest BCUT2D eigenvalue weighted by atomic mass is 9.66. The monoisotopic (exact) mass is 286 g/mol. The molecule has 2 aliphatic rings. The van der Waals surface area contributed by atoms with Crippen LogP contribution in [0.1, 0.15) is 50.7 Å². The van der Waals surface area contributed by atoms with Gasteiger partial charge in [-0.15, -0.1) is 0 Å². The number of carbonyl (C=O) groups is 1. The fraction of sp³-hybridized carbons (Fsp3) is 0.500. The molecule has 0 saturated heterocycles. The van der Waals surface area contributed by atoms with Crippen molar-refractivity contribution in [3.05, 3.63) is 34.9 Å². The van der Waals surface area contributed by atoms with Gasteiger partial charge >= 0.3 is 0 Å². The Morgan fingerprint density at radius 2 is 2.14 bits per heavy atom. The van der Waals surface area contributed by atoms with E-state index in [1.165, 1.54) is 0 Å². The van der Waals surface area contributed by atoms with Crippen LogP contribution in [0.25, 0.3) is 5.57 Å². The number of phenolic OH excluding ortho intramolecular Hbond substituents is 1. The number of carbonyl (C=O) groups excluding carboxylic acids is 1. The van der Waals surface area contributed by atoms with E-state index in [1.54, 1.807) is 12.1 Å². The molecule has 0 radical (unpaired) electrons. The van der Waals surface area contributed by atoms with Crippen LogP contribution in [-0.2, 0) is 11.2 Å². The van der Waals surface area contributed by atoms with Crippen molar-refractivity contribution in [1.82, 2.24) is 0 Å². The molecule has 0 aromatic heterocycles. The van der Waals surface area contributed by atoms with Gasteiger partial charge in [-0.3, -0.25) is 4.79 Å². The number of hydrogen-bond donors (Lipinski definition) is 2. The summed E-state index contributed by atoms with van der Waals surface area (Å²) in [5.74, 6) is 0.126. The number of rotatable bonds is 3. The number of aliphatic hydroxyl groups is 1. The lowest BCUT2D eigenvalue weighted by molar-refractivity contribution is -0.125. The molecular formula is C18H22O3. The number of aliphatic hydroxyl groups excluding tert-OH is 1. The molecule has 0 bridgehead atoms. The molecule has 3 heteroatoms. The molecule has 3 rings (SSSR count). The summed E-state index contributed by atoms with van der Waals surface area (Å²) in [4.78, 5) is 12.2. The van der Waals surface area contributed by atoms with Gasteiger partial charge in [-0.2, -0.15) is 0 Å². The van der Waals surface area contributed by atoms with E-state index in [-0.39, 0.29) is 16.9 Å². The maximum Gasteiger partial charge on any atom is 0.187 e. The SMILES string of the molecule is CCCCC12Cc3cc(O)ccc3C1=C(C)C(=O)C(O)C2. The van der Waals surface area contributed by atoms with Crippen LogP contribution in [0.2, 0.25) is 0 Å². The average Bonchev–Trinajstić information content (AvgIpc) is 2.76. The zero-order valence-corrected chi connectivity index (χ0v) is 12.6. The molecular weight excluding hydrogens is 264 g/mol. The van der Waals surface area contributed by atoms with Crippen molar-refractivity contribution >= 4 is 11.4 Å². The van der Waals surface area contributed by atoms with Crippen molar-refractivity contribution in [1.29, 1.82) is 0 Å². The van der Waals surface area contributed by atoms with Crippen molar-refractivity contribution in [2.24, 2.45) is 5.41 Å². The molecule has 1 aromatic carbocycles. The first-order chi connectivity index (χ1) is 9.98. The first-order valence-electron chi connectivity index (χ1n) is 7.74. The Hall–Kier alpha value is -1.61. The smallest absolute Gasteiger partial charge is 0.187 e. The first kappa shape index (κ1) is 14.3. The molecule has 2 N–H and O–H groups in total. The molecule has 21 heavy (non-hydrogen) atoms. The van der Waals surface area contributed by atoms with E-state index < -0.39 is 6.10 Å². The van der Waals surface area contributed by atoms with Gasteiger partial charge < -0.3 is 10.2 Å². The van der Waals surface area contributed by atoms with Crippen LogP contribution in [-0.4, -0.2) is 22.1 Å². The Kier molecular flexibility index (Phi) is 3.40. The first-order valence-corrected chi connectivity index (χ1v) is 7.74. The third-order valence-electron chi connectivity index (χ3n) is 5.06. The number of aromatic hydroxyl groups is 1. The van der Waals surface area contributed by atoms with Crippen LogP contribution in [0.3, 0.4) is 0 Å². The Bertz CT molecular complexity index is 629. The molecule has 112 valence electrons. The Balaban J connectivity index is 2.17. The Labute approximate surface area is 125 Å². The fourth-order valence-electron chi connectivity index (χ4n) is 4.15. The maximum atomic E-state index is 12.2. The van der Waals surface area contributed by atoms with E-state index in [9.17, 15) is 15.0 Å². The summed E-state index contributed by atoms with van der Waals surface area (Å²) in [6.07, 6.45) is 3.60. The lowest BCUT2D eigenvalue weighted by Gasteiger charge is -2.38. The lowest BCUT2D eigenvalue weighted by Crippen LogP contribution is -2.37. The summed E-state index contributed by atoms with van der Waals surface area (Å²) >= 11 is 0. The normalized spacial score (nSPS) is 27.8. The predicted octanol–water partition coefficient (Wildman–Crippen LogP) is 3.23. The molecule has 3 nitrogen and oxygen atoms in total. The van der Waals surface area contributed by atoms with Crippen LogP contribution in [0.4, 0.5) is 0 Å². The fourth-order valence-corrected chi connectivity index (χ4v) is 4.15. The topological polar surface area (TPSA) is 57.5 Å². The van der Waals surface area contributed by atoms with Gasteiger partial charge in [0.05, 0.1) is 0 Å². The minimum absolute atomic E-state index is 0.135. The van der Waals surface area contributed by atoms with Gasteiger partial charge in [0, 0.05) is 5.41 Å². The van der Waals surface area contributed by atoms with Crippen molar-refractivity contribution < 1.29 is 15.0 Å². The third kappa shape index (κ3) is 2.11. The Morgan fingerprint density at radius 3 is 2.86 bits per heavy atom. The zero-order chi connectivity index (χ0) is 15.2. The zero-order valence-electron chi connectivity index (χ0n) is 12.6. The molecule has 1 aromatic rings. The van der Waals surface area contributed by atoms with E-state index in [2.05, 4.69) is 6.92 Å². The second-order valence-electron chi connectivity index (χ2n) is 6.49. The van der Waals surface area contributed by atoms with Crippen LogP contribution in [0.5, 0.6) is 5.75 Å². The number of ketones is 1. The summed E-state index contributed by atoms with van der Waals surface area (Å²) in [7, 11) is 0. The van der Waals surface area contributed by atoms with E-state index in [0.717, 1.165) is 42.4 Å². The molecule has 2 aliphatic carbocycles.